The third-order valence-corrected chi connectivity index (χ3v) is 6.11. The van der Waals surface area contributed by atoms with Crippen molar-refractivity contribution in [2.75, 3.05) is 6.54 Å². The maximum atomic E-state index is 13.6. The summed E-state index contributed by atoms with van der Waals surface area (Å²) in [5.74, 6) is -1.03. The monoisotopic (exact) mass is 479 g/mol. The van der Waals surface area contributed by atoms with E-state index in [2.05, 4.69) is 10.3 Å². The zero-order valence-electron chi connectivity index (χ0n) is 19.5. The third kappa shape index (κ3) is 4.80. The second kappa shape index (κ2) is 9.93. The lowest BCUT2D eigenvalue weighted by Crippen LogP contribution is -2.32. The summed E-state index contributed by atoms with van der Waals surface area (Å²) < 4.78 is 29.0. The smallest absolute Gasteiger partial charge is 0.251 e. The molecule has 0 saturated carbocycles. The summed E-state index contributed by atoms with van der Waals surface area (Å²) in [6, 6.07) is 15.7. The van der Waals surface area contributed by atoms with Crippen molar-refractivity contribution >= 4 is 16.9 Å². The number of nitrogens with one attached hydrogen (secondary N) is 1. The zero-order chi connectivity index (χ0) is 25.2. The number of hydrogen-bond acceptors (Lipinski definition) is 4. The van der Waals surface area contributed by atoms with Crippen molar-refractivity contribution in [3.8, 4) is 0 Å². The zero-order valence-corrected chi connectivity index (χ0v) is 19.5. The van der Waals surface area contributed by atoms with Crippen molar-refractivity contribution in [3.05, 3.63) is 101 Å². The third-order valence-electron chi connectivity index (χ3n) is 6.11. The fraction of sp³-hybridized carbons (Fsp3) is 0.259. The van der Waals surface area contributed by atoms with Crippen LogP contribution in [0.25, 0.3) is 11.0 Å². The molecule has 3 aromatic carbocycles. The van der Waals surface area contributed by atoms with E-state index < -0.39 is 23.3 Å². The lowest BCUT2D eigenvalue weighted by Gasteiger charge is -2.29. The Morgan fingerprint density at radius 2 is 1.60 bits per heavy atom. The fourth-order valence-electron chi connectivity index (χ4n) is 4.21. The van der Waals surface area contributed by atoms with Gasteiger partial charge in [0.2, 0.25) is 0 Å². The maximum absolute atomic E-state index is 13.6. The molecule has 0 bridgehead atoms. The Hall–Kier alpha value is -3.62. The number of aromatic nitrogens is 2. The summed E-state index contributed by atoms with van der Waals surface area (Å²) in [5.41, 5.74) is 0.389. The van der Waals surface area contributed by atoms with E-state index in [1.165, 1.54) is 48.5 Å². The number of imidazole rings is 1. The van der Waals surface area contributed by atoms with Gasteiger partial charge in [-0.25, -0.2) is 13.8 Å². The molecular formula is C27H27F2N3O3. The number of benzene rings is 3. The molecule has 35 heavy (non-hydrogen) atoms. The van der Waals surface area contributed by atoms with Gasteiger partial charge in [0, 0.05) is 19.2 Å². The number of carbonyl (C=O) groups excluding carboxylic acids is 1. The number of aliphatic hydroxyl groups is 2. The number of fused-ring (bicyclic) bond motifs is 1. The summed E-state index contributed by atoms with van der Waals surface area (Å²) in [5, 5.41) is 24.7. The summed E-state index contributed by atoms with van der Waals surface area (Å²) in [6.07, 6.45) is 0.791. The van der Waals surface area contributed by atoms with Crippen molar-refractivity contribution < 1.29 is 23.8 Å². The highest BCUT2D eigenvalue weighted by Gasteiger charge is 2.38. The van der Waals surface area contributed by atoms with Gasteiger partial charge in [0.15, 0.2) is 11.4 Å². The van der Waals surface area contributed by atoms with E-state index in [9.17, 15) is 23.8 Å². The number of rotatable bonds is 8. The molecule has 3 N–H and O–H groups in total. The van der Waals surface area contributed by atoms with Crippen LogP contribution in [0.1, 0.15) is 47.1 Å². The quantitative estimate of drug-likeness (QED) is 0.356. The minimum atomic E-state index is -1.82. The van der Waals surface area contributed by atoms with Crippen LogP contribution in [-0.2, 0) is 12.6 Å². The lowest BCUT2D eigenvalue weighted by atomic mass is 9.85. The lowest BCUT2D eigenvalue weighted by molar-refractivity contribution is 0.0910. The van der Waals surface area contributed by atoms with Crippen LogP contribution < -0.4 is 5.32 Å². The highest BCUT2D eigenvalue weighted by atomic mass is 19.1. The molecule has 0 aliphatic carbocycles. The van der Waals surface area contributed by atoms with Gasteiger partial charge in [0.25, 0.3) is 5.91 Å². The van der Waals surface area contributed by atoms with Crippen LogP contribution in [0.5, 0.6) is 0 Å². The van der Waals surface area contributed by atoms with Crippen molar-refractivity contribution in [1.82, 2.24) is 14.9 Å². The Balaban J connectivity index is 1.78. The van der Waals surface area contributed by atoms with Crippen LogP contribution in [0.3, 0.4) is 0 Å². The average molecular weight is 480 g/mol. The topological polar surface area (TPSA) is 87.4 Å². The van der Waals surface area contributed by atoms with E-state index >= 15 is 0 Å². The molecule has 0 spiro atoms. The molecule has 0 fully saturated rings. The molecule has 1 atom stereocenters. The van der Waals surface area contributed by atoms with Gasteiger partial charge in [-0.15, -0.1) is 0 Å². The number of aryl methyl sites for hydroxylation is 1. The molecule has 1 amide bonds. The molecule has 8 heteroatoms. The Kier molecular flexibility index (Phi) is 6.95. The predicted octanol–water partition coefficient (Wildman–Crippen LogP) is 4.03. The summed E-state index contributed by atoms with van der Waals surface area (Å²) in [6.45, 7) is 2.11. The summed E-state index contributed by atoms with van der Waals surface area (Å²) in [4.78, 5) is 17.3. The number of aliphatic hydroxyl groups excluding tert-OH is 1. The van der Waals surface area contributed by atoms with Gasteiger partial charge in [0.05, 0.1) is 17.1 Å². The van der Waals surface area contributed by atoms with Crippen LogP contribution in [0.4, 0.5) is 8.78 Å². The van der Waals surface area contributed by atoms with Gasteiger partial charge in [0.1, 0.15) is 11.6 Å². The number of nitrogens with zero attached hydrogens (tertiary/aromatic N) is 2. The van der Waals surface area contributed by atoms with E-state index in [1.807, 2.05) is 6.92 Å². The van der Waals surface area contributed by atoms with E-state index in [0.717, 1.165) is 6.42 Å². The van der Waals surface area contributed by atoms with E-state index in [1.54, 1.807) is 29.8 Å². The van der Waals surface area contributed by atoms with Gasteiger partial charge >= 0.3 is 0 Å². The van der Waals surface area contributed by atoms with Gasteiger partial charge in [-0.3, -0.25) is 4.79 Å². The van der Waals surface area contributed by atoms with Crippen LogP contribution >= 0.6 is 0 Å². The summed E-state index contributed by atoms with van der Waals surface area (Å²) >= 11 is 0. The molecule has 1 heterocycles. The minimum Gasteiger partial charge on any atom is -0.391 e. The van der Waals surface area contributed by atoms with Crippen molar-refractivity contribution in [2.24, 2.45) is 7.05 Å². The Morgan fingerprint density at radius 1 is 1.03 bits per heavy atom. The molecule has 0 aliphatic heterocycles. The van der Waals surface area contributed by atoms with Crippen molar-refractivity contribution in [1.29, 1.82) is 0 Å². The van der Waals surface area contributed by atoms with Gasteiger partial charge in [-0.1, -0.05) is 37.6 Å². The molecule has 6 nitrogen and oxygen atoms in total. The Labute approximate surface area is 201 Å². The molecule has 4 aromatic rings. The number of hydrogen-bond donors (Lipinski definition) is 3. The normalized spacial score (nSPS) is 12.6. The van der Waals surface area contributed by atoms with Crippen LogP contribution in [-0.4, -0.2) is 38.3 Å². The van der Waals surface area contributed by atoms with E-state index in [4.69, 9.17) is 0 Å². The van der Waals surface area contributed by atoms with Crippen LogP contribution in [0.2, 0.25) is 0 Å². The number of halogens is 2. The average Bonchev–Trinajstić information content (AvgIpc) is 3.19. The predicted molar refractivity (Wildman–Crippen MR) is 129 cm³/mol. The van der Waals surface area contributed by atoms with E-state index in [-0.39, 0.29) is 18.3 Å². The van der Waals surface area contributed by atoms with Gasteiger partial charge < -0.3 is 20.1 Å². The highest BCUT2D eigenvalue weighted by molar-refractivity contribution is 5.97. The Bertz CT molecular complexity index is 1290. The molecule has 1 aromatic heterocycles. The molecular weight excluding hydrogens is 452 g/mol. The first-order valence-electron chi connectivity index (χ1n) is 11.4. The molecule has 1 unspecified atom stereocenters. The van der Waals surface area contributed by atoms with Crippen LogP contribution in [0.15, 0.2) is 66.7 Å². The van der Waals surface area contributed by atoms with Gasteiger partial charge in [-0.2, -0.15) is 0 Å². The SMILES string of the molecule is CCCC(O)CNC(=O)c1ccc2nc(C(O)(c3ccc(F)cc3)c3ccc(F)cc3)n(C)c2c1. The molecule has 4 rings (SSSR count). The number of carbonyl (C=O) groups is 1. The largest absolute Gasteiger partial charge is 0.391 e. The highest BCUT2D eigenvalue weighted by Crippen LogP contribution is 2.37. The fourth-order valence-corrected chi connectivity index (χ4v) is 4.21. The second-order valence-corrected chi connectivity index (χ2v) is 8.57. The van der Waals surface area contributed by atoms with E-state index in [0.29, 0.717) is 34.1 Å². The first kappa shape index (κ1) is 24.5. The van der Waals surface area contributed by atoms with Crippen molar-refractivity contribution in [3.63, 3.8) is 0 Å². The first-order valence-corrected chi connectivity index (χ1v) is 11.4. The molecule has 0 radical (unpaired) electrons. The maximum Gasteiger partial charge on any atom is 0.251 e. The second-order valence-electron chi connectivity index (χ2n) is 8.57. The standard InChI is InChI=1S/C27H27F2N3O3/c1-3-4-22(33)16-30-25(34)17-5-14-23-24(15-17)32(2)26(31-23)27(35,18-6-10-20(28)11-7-18)19-8-12-21(29)13-9-19/h5-15,22,33,35H,3-4,16H2,1-2H3,(H,30,34). The van der Waals surface area contributed by atoms with Crippen LogP contribution in [0, 0.1) is 11.6 Å². The number of amides is 1. The van der Waals surface area contributed by atoms with Gasteiger partial charge in [-0.05, 0) is 60.0 Å². The first-order chi connectivity index (χ1) is 16.7. The van der Waals surface area contributed by atoms with Crippen molar-refractivity contribution in [2.45, 2.75) is 31.5 Å². The minimum absolute atomic E-state index is 0.149. The Morgan fingerprint density at radius 3 is 2.14 bits per heavy atom. The molecule has 0 saturated heterocycles. The molecule has 0 aliphatic rings. The molecule has 182 valence electrons. The summed E-state index contributed by atoms with van der Waals surface area (Å²) in [7, 11) is 1.70.